The predicted molar refractivity (Wildman–Crippen MR) is 76.6 cm³/mol. The highest BCUT2D eigenvalue weighted by molar-refractivity contribution is 7.11. The number of hydrogen-bond acceptors (Lipinski definition) is 3. The zero-order valence-electron chi connectivity index (χ0n) is 12.3. The van der Waals surface area contributed by atoms with Gasteiger partial charge in [0.15, 0.2) is 0 Å². The van der Waals surface area contributed by atoms with Gasteiger partial charge in [0.2, 0.25) is 0 Å². The molecule has 1 aromatic heterocycles. The summed E-state index contributed by atoms with van der Waals surface area (Å²) in [6.07, 6.45) is 1.16. The molecule has 0 amide bonds. The number of aryl methyl sites for hydroxylation is 2. The van der Waals surface area contributed by atoms with Crippen molar-refractivity contribution >= 4 is 11.3 Å². The minimum absolute atomic E-state index is 0.169. The fourth-order valence-corrected chi connectivity index (χ4v) is 3.32. The van der Waals surface area contributed by atoms with Crippen LogP contribution in [0.5, 0.6) is 0 Å². The smallest absolute Gasteiger partial charge is 0.0900 e. The van der Waals surface area contributed by atoms with Crippen molar-refractivity contribution < 1.29 is 0 Å². The van der Waals surface area contributed by atoms with Crippen LogP contribution in [0.4, 0.5) is 0 Å². The highest BCUT2D eigenvalue weighted by atomic mass is 32.1. The Morgan fingerprint density at radius 3 is 2.12 bits per heavy atom. The van der Waals surface area contributed by atoms with Crippen LogP contribution < -0.4 is 5.32 Å². The van der Waals surface area contributed by atoms with E-state index in [0.29, 0.717) is 5.41 Å². The summed E-state index contributed by atoms with van der Waals surface area (Å²) in [5.41, 5.74) is 1.70. The molecule has 3 heteroatoms. The van der Waals surface area contributed by atoms with Crippen molar-refractivity contribution in [1.29, 1.82) is 0 Å². The van der Waals surface area contributed by atoms with Gasteiger partial charge in [-0.2, -0.15) is 0 Å². The van der Waals surface area contributed by atoms with Gasteiger partial charge in [-0.25, -0.2) is 4.98 Å². The lowest BCUT2D eigenvalue weighted by atomic mass is 9.82. The third kappa shape index (κ3) is 5.17. The van der Waals surface area contributed by atoms with Crippen LogP contribution in [-0.2, 0) is 6.54 Å². The van der Waals surface area contributed by atoms with E-state index in [1.54, 1.807) is 11.3 Å². The Morgan fingerprint density at radius 1 is 1.12 bits per heavy atom. The molecule has 0 aliphatic rings. The van der Waals surface area contributed by atoms with Gasteiger partial charge < -0.3 is 5.32 Å². The maximum absolute atomic E-state index is 4.46. The largest absolute Gasteiger partial charge is 0.307 e. The molecule has 98 valence electrons. The molecular weight excluding hydrogens is 228 g/mol. The fraction of sp³-hybridized carbons (Fsp3) is 0.786. The van der Waals surface area contributed by atoms with Crippen LogP contribution in [0.25, 0.3) is 0 Å². The van der Waals surface area contributed by atoms with Crippen LogP contribution in [-0.4, -0.2) is 10.5 Å². The van der Waals surface area contributed by atoms with Crippen molar-refractivity contribution in [2.24, 2.45) is 5.41 Å². The molecule has 0 aromatic carbocycles. The van der Waals surface area contributed by atoms with E-state index in [1.807, 2.05) is 0 Å². The maximum Gasteiger partial charge on any atom is 0.0900 e. The standard InChI is InChI=1S/C14H26N2S/c1-10-12(17-11(2)16-10)8-15-14(6,7)9-13(3,4)5/h15H,8-9H2,1-7H3. The zero-order chi connectivity index (χ0) is 13.3. The van der Waals surface area contributed by atoms with E-state index in [0.717, 1.165) is 18.0 Å². The first kappa shape index (κ1) is 14.7. The number of rotatable bonds is 4. The Hall–Kier alpha value is -0.410. The van der Waals surface area contributed by atoms with Gasteiger partial charge in [-0.05, 0) is 39.5 Å². The molecule has 0 fully saturated rings. The summed E-state index contributed by atoms with van der Waals surface area (Å²) in [5.74, 6) is 0. The molecule has 0 aliphatic heterocycles. The highest BCUT2D eigenvalue weighted by Crippen LogP contribution is 2.27. The monoisotopic (exact) mass is 254 g/mol. The first-order valence-electron chi connectivity index (χ1n) is 6.27. The lowest BCUT2D eigenvalue weighted by Gasteiger charge is -2.33. The van der Waals surface area contributed by atoms with Crippen LogP contribution >= 0.6 is 11.3 Å². The molecule has 2 nitrogen and oxygen atoms in total. The van der Waals surface area contributed by atoms with Crippen molar-refractivity contribution in [3.63, 3.8) is 0 Å². The first-order valence-corrected chi connectivity index (χ1v) is 7.09. The van der Waals surface area contributed by atoms with E-state index < -0.39 is 0 Å². The summed E-state index contributed by atoms with van der Waals surface area (Å²) in [6, 6.07) is 0. The molecular formula is C14H26N2S. The van der Waals surface area contributed by atoms with Crippen molar-refractivity contribution in [3.05, 3.63) is 15.6 Å². The van der Waals surface area contributed by atoms with E-state index in [9.17, 15) is 0 Å². The third-order valence-corrected chi connectivity index (χ3v) is 3.77. The molecule has 0 aliphatic carbocycles. The second kappa shape index (κ2) is 5.07. The van der Waals surface area contributed by atoms with Crippen LogP contribution in [0.15, 0.2) is 0 Å². The summed E-state index contributed by atoms with van der Waals surface area (Å²) in [6.45, 7) is 16.5. The Labute approximate surface area is 110 Å². The van der Waals surface area contributed by atoms with Crippen LogP contribution in [0.3, 0.4) is 0 Å². The van der Waals surface area contributed by atoms with Crippen molar-refractivity contribution in [2.45, 2.75) is 67.0 Å². The van der Waals surface area contributed by atoms with Crippen molar-refractivity contribution in [1.82, 2.24) is 10.3 Å². The SMILES string of the molecule is Cc1nc(C)c(CNC(C)(C)CC(C)(C)C)s1. The molecule has 0 saturated heterocycles. The predicted octanol–water partition coefficient (Wildman–Crippen LogP) is 4.06. The van der Waals surface area contributed by atoms with Gasteiger partial charge >= 0.3 is 0 Å². The number of nitrogens with zero attached hydrogens (tertiary/aromatic N) is 1. The summed E-state index contributed by atoms with van der Waals surface area (Å²) in [7, 11) is 0. The highest BCUT2D eigenvalue weighted by Gasteiger charge is 2.25. The van der Waals surface area contributed by atoms with Gasteiger partial charge in [0.25, 0.3) is 0 Å². The quantitative estimate of drug-likeness (QED) is 0.876. The molecule has 0 unspecified atom stereocenters. The van der Waals surface area contributed by atoms with Gasteiger partial charge in [0.1, 0.15) is 0 Å². The Bertz CT molecular complexity index is 372. The second-order valence-corrected chi connectivity index (χ2v) is 8.00. The van der Waals surface area contributed by atoms with E-state index in [2.05, 4.69) is 58.8 Å². The van der Waals surface area contributed by atoms with Gasteiger partial charge in [-0.1, -0.05) is 20.8 Å². The van der Waals surface area contributed by atoms with E-state index in [4.69, 9.17) is 0 Å². The maximum atomic E-state index is 4.46. The molecule has 1 heterocycles. The summed E-state index contributed by atoms with van der Waals surface area (Å²) >= 11 is 1.80. The topological polar surface area (TPSA) is 24.9 Å². The average Bonchev–Trinajstić information content (AvgIpc) is 2.37. The van der Waals surface area contributed by atoms with Crippen LogP contribution in [0.2, 0.25) is 0 Å². The number of hydrogen-bond donors (Lipinski definition) is 1. The van der Waals surface area contributed by atoms with Crippen LogP contribution in [0, 0.1) is 19.3 Å². The molecule has 0 saturated carbocycles. The average molecular weight is 254 g/mol. The molecule has 17 heavy (non-hydrogen) atoms. The Morgan fingerprint density at radius 2 is 1.71 bits per heavy atom. The van der Waals surface area contributed by atoms with Crippen molar-refractivity contribution in [2.75, 3.05) is 0 Å². The molecule has 0 bridgehead atoms. The molecule has 0 atom stereocenters. The summed E-state index contributed by atoms with van der Waals surface area (Å²) < 4.78 is 0. The first-order chi connectivity index (χ1) is 7.59. The Kier molecular flexibility index (Phi) is 4.37. The minimum Gasteiger partial charge on any atom is -0.307 e. The lowest BCUT2D eigenvalue weighted by molar-refractivity contribution is 0.241. The molecule has 0 spiro atoms. The van der Waals surface area contributed by atoms with Crippen LogP contribution in [0.1, 0.15) is 56.6 Å². The van der Waals surface area contributed by atoms with Gasteiger partial charge in [-0.3, -0.25) is 0 Å². The van der Waals surface area contributed by atoms with E-state index in [1.165, 1.54) is 10.6 Å². The zero-order valence-corrected chi connectivity index (χ0v) is 13.1. The molecule has 1 aromatic rings. The number of aromatic nitrogens is 1. The molecule has 1 N–H and O–H groups in total. The van der Waals surface area contributed by atoms with Gasteiger partial charge in [0, 0.05) is 17.0 Å². The number of thiazole rings is 1. The Balaban J connectivity index is 2.58. The molecule has 1 rings (SSSR count). The van der Waals surface area contributed by atoms with Gasteiger partial charge in [0.05, 0.1) is 10.7 Å². The van der Waals surface area contributed by atoms with E-state index in [-0.39, 0.29) is 5.54 Å². The minimum atomic E-state index is 0.169. The second-order valence-electron chi connectivity index (χ2n) is 6.72. The van der Waals surface area contributed by atoms with Gasteiger partial charge in [-0.15, -0.1) is 11.3 Å². The molecule has 0 radical (unpaired) electrons. The fourth-order valence-electron chi connectivity index (χ4n) is 2.45. The summed E-state index contributed by atoms with van der Waals surface area (Å²) in [5, 5.41) is 4.82. The lowest BCUT2D eigenvalue weighted by Crippen LogP contribution is -2.41. The number of nitrogens with one attached hydrogen (secondary N) is 1. The third-order valence-electron chi connectivity index (χ3n) is 2.70. The normalized spacial score (nSPS) is 13.1. The van der Waals surface area contributed by atoms with Crippen molar-refractivity contribution in [3.8, 4) is 0 Å². The summed E-state index contributed by atoms with van der Waals surface area (Å²) in [4.78, 5) is 5.83. The van der Waals surface area contributed by atoms with E-state index >= 15 is 0 Å².